The highest BCUT2D eigenvalue weighted by atomic mass is 16.6. The van der Waals surface area contributed by atoms with Crippen LogP contribution in [-0.2, 0) is 16.1 Å². The fourth-order valence-electron chi connectivity index (χ4n) is 4.01. The fraction of sp³-hybridized carbons (Fsp3) is 0.462. The van der Waals surface area contributed by atoms with Crippen LogP contribution in [0.1, 0.15) is 32.3 Å². The van der Waals surface area contributed by atoms with E-state index in [0.29, 0.717) is 67.5 Å². The van der Waals surface area contributed by atoms with Crippen molar-refractivity contribution >= 4 is 17.5 Å². The first-order chi connectivity index (χ1) is 16.4. The Morgan fingerprint density at radius 2 is 1.91 bits per heavy atom. The molecule has 4 rings (SSSR count). The normalized spacial score (nSPS) is 17.1. The van der Waals surface area contributed by atoms with Gasteiger partial charge in [-0.05, 0) is 42.2 Å². The molecule has 1 fully saturated rings. The van der Waals surface area contributed by atoms with Crippen LogP contribution in [0.3, 0.4) is 0 Å². The second-order valence-electron chi connectivity index (χ2n) is 8.97. The van der Waals surface area contributed by atoms with Crippen LogP contribution in [0.25, 0.3) is 0 Å². The van der Waals surface area contributed by atoms with Gasteiger partial charge in [0.2, 0.25) is 11.8 Å². The molecule has 2 aromatic carbocycles. The van der Waals surface area contributed by atoms with Crippen LogP contribution in [0.5, 0.6) is 23.0 Å². The Morgan fingerprint density at radius 1 is 1.12 bits per heavy atom. The van der Waals surface area contributed by atoms with Crippen molar-refractivity contribution in [3.05, 3.63) is 42.0 Å². The third-order valence-electron chi connectivity index (χ3n) is 5.98. The molecule has 2 aromatic rings. The summed E-state index contributed by atoms with van der Waals surface area (Å²) in [6, 6.07) is 11.1. The van der Waals surface area contributed by atoms with E-state index < -0.39 is 5.92 Å². The lowest BCUT2D eigenvalue weighted by atomic mass is 10.1. The molecule has 0 aromatic heterocycles. The van der Waals surface area contributed by atoms with Gasteiger partial charge < -0.3 is 29.2 Å². The van der Waals surface area contributed by atoms with E-state index in [-0.39, 0.29) is 18.2 Å². The van der Waals surface area contributed by atoms with Crippen LogP contribution in [0.15, 0.2) is 36.4 Å². The van der Waals surface area contributed by atoms with Crippen LogP contribution in [-0.4, -0.2) is 45.3 Å². The Balaban J connectivity index is 1.33. The van der Waals surface area contributed by atoms with E-state index in [1.807, 2.05) is 24.3 Å². The van der Waals surface area contributed by atoms with Gasteiger partial charge in [0.05, 0.1) is 19.6 Å². The van der Waals surface area contributed by atoms with Crippen molar-refractivity contribution in [3.63, 3.8) is 0 Å². The van der Waals surface area contributed by atoms with Crippen molar-refractivity contribution in [2.45, 2.75) is 33.2 Å². The third-order valence-corrected chi connectivity index (χ3v) is 5.98. The Hall–Kier alpha value is -3.42. The lowest BCUT2D eigenvalue weighted by Crippen LogP contribution is -2.32. The zero-order chi connectivity index (χ0) is 24.1. The highest BCUT2D eigenvalue weighted by molar-refractivity contribution is 6.00. The quantitative estimate of drug-likeness (QED) is 0.606. The lowest BCUT2D eigenvalue weighted by molar-refractivity contribution is -0.126. The van der Waals surface area contributed by atoms with E-state index in [1.165, 1.54) is 0 Å². The molecule has 0 spiro atoms. The minimum absolute atomic E-state index is 0.0820. The molecule has 0 radical (unpaired) electrons. The largest absolute Gasteiger partial charge is 0.493 e. The van der Waals surface area contributed by atoms with E-state index in [4.69, 9.17) is 18.9 Å². The van der Waals surface area contributed by atoms with Crippen molar-refractivity contribution in [2.24, 2.45) is 11.8 Å². The van der Waals surface area contributed by atoms with Gasteiger partial charge in [-0.3, -0.25) is 9.59 Å². The molecule has 2 amide bonds. The summed E-state index contributed by atoms with van der Waals surface area (Å²) in [6.07, 6.45) is 1.14. The fourth-order valence-corrected chi connectivity index (χ4v) is 4.01. The summed E-state index contributed by atoms with van der Waals surface area (Å²) in [5.74, 6) is 2.53. The summed E-state index contributed by atoms with van der Waals surface area (Å²) in [6.45, 7) is 6.59. The molecule has 1 atom stereocenters. The highest BCUT2D eigenvalue weighted by Gasteiger charge is 2.35. The van der Waals surface area contributed by atoms with Gasteiger partial charge in [-0.25, -0.2) is 0 Å². The van der Waals surface area contributed by atoms with Crippen molar-refractivity contribution in [1.29, 1.82) is 0 Å². The molecule has 1 unspecified atom stereocenters. The van der Waals surface area contributed by atoms with E-state index in [2.05, 4.69) is 19.2 Å². The summed E-state index contributed by atoms with van der Waals surface area (Å²) >= 11 is 0. The highest BCUT2D eigenvalue weighted by Crippen LogP contribution is 2.36. The molecule has 1 N–H and O–H groups in total. The number of hydrogen-bond donors (Lipinski definition) is 1. The van der Waals surface area contributed by atoms with Gasteiger partial charge >= 0.3 is 0 Å². The molecule has 182 valence electrons. The SMILES string of the molecule is COc1cc(CNC(=O)C2CC(=O)N(c3ccc4c(c3)OCCO4)C2)ccc1OCCC(C)C. The second-order valence-corrected chi connectivity index (χ2v) is 8.97. The molecule has 2 aliphatic heterocycles. The van der Waals surface area contributed by atoms with Crippen molar-refractivity contribution in [2.75, 3.05) is 38.4 Å². The maximum atomic E-state index is 12.8. The number of benzene rings is 2. The van der Waals surface area contributed by atoms with Crippen LogP contribution in [0.4, 0.5) is 5.69 Å². The number of fused-ring (bicyclic) bond motifs is 1. The van der Waals surface area contributed by atoms with E-state index in [0.717, 1.165) is 12.0 Å². The summed E-state index contributed by atoms with van der Waals surface area (Å²) in [5.41, 5.74) is 1.61. The van der Waals surface area contributed by atoms with Crippen LogP contribution < -0.4 is 29.2 Å². The summed E-state index contributed by atoms with van der Waals surface area (Å²) in [5, 5.41) is 2.95. The van der Waals surface area contributed by atoms with Gasteiger partial charge in [-0.1, -0.05) is 19.9 Å². The van der Waals surface area contributed by atoms with Gasteiger partial charge in [0.1, 0.15) is 13.2 Å². The van der Waals surface area contributed by atoms with Gasteiger partial charge in [0, 0.05) is 31.3 Å². The van der Waals surface area contributed by atoms with Crippen molar-refractivity contribution in [1.82, 2.24) is 5.32 Å². The lowest BCUT2D eigenvalue weighted by Gasteiger charge is -2.22. The number of rotatable bonds is 9. The average Bonchev–Trinajstić information content (AvgIpc) is 3.24. The predicted octanol–water partition coefficient (Wildman–Crippen LogP) is 3.56. The van der Waals surface area contributed by atoms with Gasteiger partial charge in [-0.15, -0.1) is 0 Å². The summed E-state index contributed by atoms with van der Waals surface area (Å²) < 4.78 is 22.5. The first-order valence-electron chi connectivity index (χ1n) is 11.7. The molecule has 0 saturated carbocycles. The Morgan fingerprint density at radius 3 is 2.68 bits per heavy atom. The van der Waals surface area contributed by atoms with Crippen LogP contribution >= 0.6 is 0 Å². The maximum absolute atomic E-state index is 12.8. The minimum Gasteiger partial charge on any atom is -0.493 e. The van der Waals surface area contributed by atoms with Crippen LogP contribution in [0, 0.1) is 11.8 Å². The zero-order valence-corrected chi connectivity index (χ0v) is 20.0. The first kappa shape index (κ1) is 23.7. The van der Waals surface area contributed by atoms with E-state index in [1.54, 1.807) is 24.1 Å². The van der Waals surface area contributed by atoms with Gasteiger partial charge in [-0.2, -0.15) is 0 Å². The monoisotopic (exact) mass is 468 g/mol. The number of anilines is 1. The van der Waals surface area contributed by atoms with Crippen molar-refractivity contribution in [3.8, 4) is 23.0 Å². The molecule has 1 saturated heterocycles. The predicted molar refractivity (Wildman–Crippen MR) is 128 cm³/mol. The number of carbonyl (C=O) groups is 2. The molecule has 8 nitrogen and oxygen atoms in total. The maximum Gasteiger partial charge on any atom is 0.227 e. The third kappa shape index (κ3) is 5.55. The number of carbonyl (C=O) groups excluding carboxylic acids is 2. The van der Waals surface area contributed by atoms with E-state index in [9.17, 15) is 9.59 Å². The Labute approximate surface area is 200 Å². The summed E-state index contributed by atoms with van der Waals surface area (Å²) in [4.78, 5) is 27.1. The average molecular weight is 469 g/mol. The molecular weight excluding hydrogens is 436 g/mol. The molecular formula is C26H32N2O6. The molecule has 0 bridgehead atoms. The number of amides is 2. The standard InChI is InChI=1S/C26H32N2O6/c1-17(2)8-9-32-21-6-4-18(12-23(21)31-3)15-27-26(30)19-13-25(29)28(16-19)20-5-7-22-24(14-20)34-11-10-33-22/h4-7,12,14,17,19H,8-11,13,15-16H2,1-3H3,(H,27,30). The smallest absolute Gasteiger partial charge is 0.227 e. The molecule has 34 heavy (non-hydrogen) atoms. The molecule has 2 heterocycles. The molecule has 2 aliphatic rings. The second kappa shape index (κ2) is 10.7. The number of hydrogen-bond acceptors (Lipinski definition) is 6. The molecule has 0 aliphatic carbocycles. The minimum atomic E-state index is -0.416. The number of ether oxygens (including phenoxy) is 4. The Bertz CT molecular complexity index is 1040. The number of nitrogens with one attached hydrogen (secondary N) is 1. The topological polar surface area (TPSA) is 86.3 Å². The summed E-state index contributed by atoms with van der Waals surface area (Å²) in [7, 11) is 1.60. The van der Waals surface area contributed by atoms with Gasteiger partial charge in [0.15, 0.2) is 23.0 Å². The Kier molecular flexibility index (Phi) is 7.45. The van der Waals surface area contributed by atoms with Crippen molar-refractivity contribution < 1.29 is 28.5 Å². The van der Waals surface area contributed by atoms with Crippen LogP contribution in [0.2, 0.25) is 0 Å². The number of nitrogens with zero attached hydrogens (tertiary/aromatic N) is 1. The van der Waals surface area contributed by atoms with E-state index >= 15 is 0 Å². The molecule has 8 heteroatoms. The first-order valence-corrected chi connectivity index (χ1v) is 11.7. The zero-order valence-electron chi connectivity index (χ0n) is 20.0. The van der Waals surface area contributed by atoms with Gasteiger partial charge in [0.25, 0.3) is 0 Å². The number of methoxy groups -OCH3 is 1.